The zero-order chi connectivity index (χ0) is 14.7. The van der Waals surface area contributed by atoms with Gasteiger partial charge in [-0.25, -0.2) is 9.78 Å². The molecular formula is C15H16N2O2S. The summed E-state index contributed by atoms with van der Waals surface area (Å²) in [5.74, 6) is -0.451. The minimum Gasteiger partial charge on any atom is -0.465 e. The van der Waals surface area contributed by atoms with Crippen molar-refractivity contribution in [1.29, 1.82) is 0 Å². The van der Waals surface area contributed by atoms with E-state index in [2.05, 4.69) is 23.2 Å². The molecule has 2 rings (SSSR count). The van der Waals surface area contributed by atoms with Crippen molar-refractivity contribution in [3.63, 3.8) is 0 Å². The second kappa shape index (κ2) is 5.96. The molecule has 4 nitrogen and oxygen atoms in total. The Bertz CT molecular complexity index is 656. The molecule has 0 saturated heterocycles. The largest absolute Gasteiger partial charge is 0.465 e. The molecule has 0 saturated carbocycles. The van der Waals surface area contributed by atoms with Crippen LogP contribution in [0.15, 0.2) is 40.4 Å². The fraction of sp³-hybridized carbons (Fsp3) is 0.200. The predicted octanol–water partition coefficient (Wildman–Crippen LogP) is 3.22. The Balaban J connectivity index is 2.39. The van der Waals surface area contributed by atoms with Crippen molar-refractivity contribution in [2.24, 2.45) is 0 Å². The van der Waals surface area contributed by atoms with E-state index in [4.69, 9.17) is 10.5 Å². The summed E-state index contributed by atoms with van der Waals surface area (Å²) in [5.41, 5.74) is 9.02. The van der Waals surface area contributed by atoms with Crippen molar-refractivity contribution in [3.8, 4) is 0 Å². The SMILES string of the molecule is COC(=O)c1ccnc(Sc2cc(C)ccc2C)c1N. The lowest BCUT2D eigenvalue weighted by atomic mass is 10.2. The number of aromatic nitrogens is 1. The Morgan fingerprint density at radius 2 is 2.05 bits per heavy atom. The second-order valence-corrected chi connectivity index (χ2v) is 5.47. The average Bonchev–Trinajstić information content (AvgIpc) is 2.44. The summed E-state index contributed by atoms with van der Waals surface area (Å²) in [6.07, 6.45) is 1.57. The Kier molecular flexibility index (Phi) is 4.29. The highest BCUT2D eigenvalue weighted by atomic mass is 32.2. The molecule has 0 bridgehead atoms. The van der Waals surface area contributed by atoms with Crippen molar-refractivity contribution >= 4 is 23.4 Å². The number of ether oxygens (including phenoxy) is 1. The van der Waals surface area contributed by atoms with Crippen LogP contribution in [-0.4, -0.2) is 18.1 Å². The first-order valence-corrected chi connectivity index (χ1v) is 6.92. The van der Waals surface area contributed by atoms with Gasteiger partial charge in [-0.2, -0.15) is 0 Å². The number of anilines is 1. The Morgan fingerprint density at radius 3 is 2.75 bits per heavy atom. The molecule has 2 N–H and O–H groups in total. The zero-order valence-electron chi connectivity index (χ0n) is 11.6. The highest BCUT2D eigenvalue weighted by Gasteiger charge is 2.15. The lowest BCUT2D eigenvalue weighted by Crippen LogP contribution is -2.07. The van der Waals surface area contributed by atoms with E-state index in [9.17, 15) is 4.79 Å². The van der Waals surface area contributed by atoms with Crippen LogP contribution in [0.25, 0.3) is 0 Å². The van der Waals surface area contributed by atoms with E-state index < -0.39 is 5.97 Å². The average molecular weight is 288 g/mol. The van der Waals surface area contributed by atoms with Gasteiger partial charge >= 0.3 is 5.97 Å². The number of rotatable bonds is 3. The first-order chi connectivity index (χ1) is 9.52. The molecular weight excluding hydrogens is 272 g/mol. The fourth-order valence-electron chi connectivity index (χ4n) is 1.74. The Labute approximate surface area is 122 Å². The molecule has 0 aliphatic rings. The number of carbonyl (C=O) groups excluding carboxylic acids is 1. The van der Waals surface area contributed by atoms with Crippen molar-refractivity contribution in [2.75, 3.05) is 12.8 Å². The van der Waals surface area contributed by atoms with Crippen molar-refractivity contribution < 1.29 is 9.53 Å². The van der Waals surface area contributed by atoms with Gasteiger partial charge in [-0.3, -0.25) is 0 Å². The number of hydrogen-bond donors (Lipinski definition) is 1. The van der Waals surface area contributed by atoms with Gasteiger partial charge in [0.25, 0.3) is 0 Å². The van der Waals surface area contributed by atoms with E-state index in [1.165, 1.54) is 24.4 Å². The molecule has 1 aromatic heterocycles. The van der Waals surface area contributed by atoms with Crippen LogP contribution < -0.4 is 5.73 Å². The molecule has 0 fully saturated rings. The summed E-state index contributed by atoms with van der Waals surface area (Å²) < 4.78 is 4.71. The zero-order valence-corrected chi connectivity index (χ0v) is 12.5. The summed E-state index contributed by atoms with van der Waals surface area (Å²) in [6.45, 7) is 4.06. The van der Waals surface area contributed by atoms with Crippen molar-refractivity contribution in [2.45, 2.75) is 23.8 Å². The van der Waals surface area contributed by atoms with Gasteiger partial charge < -0.3 is 10.5 Å². The third-order valence-electron chi connectivity index (χ3n) is 2.91. The molecule has 20 heavy (non-hydrogen) atoms. The third kappa shape index (κ3) is 2.93. The minimum absolute atomic E-state index is 0.343. The van der Waals surface area contributed by atoms with Gasteiger partial charge in [0.1, 0.15) is 5.03 Å². The molecule has 0 radical (unpaired) electrons. The lowest BCUT2D eigenvalue weighted by molar-refractivity contribution is 0.0601. The summed E-state index contributed by atoms with van der Waals surface area (Å²) in [5, 5.41) is 0.613. The van der Waals surface area contributed by atoms with E-state index in [0.29, 0.717) is 16.3 Å². The first-order valence-electron chi connectivity index (χ1n) is 6.11. The maximum atomic E-state index is 11.6. The maximum absolute atomic E-state index is 11.6. The van der Waals surface area contributed by atoms with E-state index >= 15 is 0 Å². The van der Waals surface area contributed by atoms with Crippen molar-refractivity contribution in [3.05, 3.63) is 47.2 Å². The Hall–Kier alpha value is -2.01. The summed E-state index contributed by atoms with van der Waals surface area (Å²) in [6, 6.07) is 7.75. The molecule has 0 atom stereocenters. The topological polar surface area (TPSA) is 65.2 Å². The van der Waals surface area contributed by atoms with Gasteiger partial charge in [-0.15, -0.1) is 0 Å². The highest BCUT2D eigenvalue weighted by molar-refractivity contribution is 7.99. The van der Waals surface area contributed by atoms with E-state index in [1.807, 2.05) is 13.8 Å². The molecule has 0 unspecified atom stereocenters. The number of pyridine rings is 1. The number of nitrogens with two attached hydrogens (primary N) is 1. The van der Waals surface area contributed by atoms with Crippen LogP contribution in [0.1, 0.15) is 21.5 Å². The molecule has 0 amide bonds. The van der Waals surface area contributed by atoms with Crippen LogP contribution in [0.2, 0.25) is 0 Å². The number of esters is 1. The fourth-order valence-corrected chi connectivity index (χ4v) is 2.76. The van der Waals surface area contributed by atoms with Gasteiger partial charge in [-0.05, 0) is 37.1 Å². The van der Waals surface area contributed by atoms with Crippen LogP contribution >= 0.6 is 11.8 Å². The molecule has 104 valence electrons. The van der Waals surface area contributed by atoms with Gasteiger partial charge in [-0.1, -0.05) is 23.9 Å². The molecule has 0 spiro atoms. The molecule has 0 aliphatic carbocycles. The minimum atomic E-state index is -0.451. The molecule has 0 aliphatic heterocycles. The van der Waals surface area contributed by atoms with Gasteiger partial charge in [0.2, 0.25) is 0 Å². The normalized spacial score (nSPS) is 10.3. The number of nitrogen functional groups attached to an aromatic ring is 1. The van der Waals surface area contributed by atoms with E-state index in [1.54, 1.807) is 12.3 Å². The van der Waals surface area contributed by atoms with Crippen LogP contribution in [0, 0.1) is 13.8 Å². The number of hydrogen-bond acceptors (Lipinski definition) is 5. The number of benzene rings is 1. The number of methoxy groups -OCH3 is 1. The summed E-state index contributed by atoms with van der Waals surface area (Å²) in [4.78, 5) is 16.9. The van der Waals surface area contributed by atoms with E-state index in [-0.39, 0.29) is 0 Å². The van der Waals surface area contributed by atoms with Crippen molar-refractivity contribution in [1.82, 2.24) is 4.98 Å². The first kappa shape index (κ1) is 14.4. The maximum Gasteiger partial charge on any atom is 0.340 e. The van der Waals surface area contributed by atoms with E-state index in [0.717, 1.165) is 10.5 Å². The third-order valence-corrected chi connectivity index (χ3v) is 4.09. The quantitative estimate of drug-likeness (QED) is 0.878. The molecule has 1 aromatic carbocycles. The van der Waals surface area contributed by atoms with Gasteiger partial charge in [0, 0.05) is 11.1 Å². The lowest BCUT2D eigenvalue weighted by Gasteiger charge is -2.10. The number of carbonyl (C=O) groups is 1. The van der Waals surface area contributed by atoms with Crippen LogP contribution in [0.4, 0.5) is 5.69 Å². The summed E-state index contributed by atoms with van der Waals surface area (Å²) >= 11 is 1.45. The number of aryl methyl sites for hydroxylation is 2. The monoisotopic (exact) mass is 288 g/mol. The second-order valence-electron chi connectivity index (χ2n) is 4.44. The molecule has 1 heterocycles. The smallest absolute Gasteiger partial charge is 0.340 e. The highest BCUT2D eigenvalue weighted by Crippen LogP contribution is 2.34. The van der Waals surface area contributed by atoms with Gasteiger partial charge in [0.15, 0.2) is 0 Å². The van der Waals surface area contributed by atoms with Crippen LogP contribution in [-0.2, 0) is 4.74 Å². The molecule has 5 heteroatoms. The van der Waals surface area contributed by atoms with Gasteiger partial charge in [0.05, 0.1) is 18.4 Å². The predicted molar refractivity (Wildman–Crippen MR) is 80.0 cm³/mol. The van der Waals surface area contributed by atoms with Crippen LogP contribution in [0.3, 0.4) is 0 Å². The molecule has 2 aromatic rings. The van der Waals surface area contributed by atoms with Crippen LogP contribution in [0.5, 0.6) is 0 Å². The Morgan fingerprint density at radius 1 is 1.30 bits per heavy atom. The summed E-state index contributed by atoms with van der Waals surface area (Å²) in [7, 11) is 1.33. The number of nitrogens with zero attached hydrogens (tertiary/aromatic N) is 1. The standard InChI is InChI=1S/C15H16N2O2S/c1-9-4-5-10(2)12(8-9)20-14-13(16)11(6-7-17-14)15(18)19-3/h4-8H,16H2,1-3H3.